The fraction of sp³-hybridized carbons (Fsp3) is 0.400. The van der Waals surface area contributed by atoms with Crippen molar-refractivity contribution in [3.05, 3.63) is 53.9 Å². The lowest BCUT2D eigenvalue weighted by Gasteiger charge is -2.22. The van der Waals surface area contributed by atoms with Crippen molar-refractivity contribution in [3.8, 4) is 11.5 Å². The van der Waals surface area contributed by atoms with Gasteiger partial charge in [-0.2, -0.15) is 9.47 Å². The molecule has 0 aromatic carbocycles. The van der Waals surface area contributed by atoms with Crippen LogP contribution in [-0.2, 0) is 16.5 Å². The van der Waals surface area contributed by atoms with Crippen molar-refractivity contribution >= 4 is 34.2 Å². The average Bonchev–Trinajstić information content (AvgIpc) is 3.45. The van der Waals surface area contributed by atoms with Crippen molar-refractivity contribution in [1.29, 1.82) is 0 Å². The molecule has 5 heterocycles. The predicted octanol–water partition coefficient (Wildman–Crippen LogP) is 5.97. The first-order chi connectivity index (χ1) is 17.5. The minimum atomic E-state index is -0.712. The molecule has 4 aromatic heterocycles. The Balaban J connectivity index is 1.45. The summed E-state index contributed by atoms with van der Waals surface area (Å²) >= 11 is 2.73. The fourth-order valence-corrected chi connectivity index (χ4v) is 5.55. The number of nitrogens with zero attached hydrogens (tertiary/aromatic N) is 6. The molecule has 1 aliphatic heterocycles. The van der Waals surface area contributed by atoms with Gasteiger partial charge in [-0.1, -0.05) is 17.8 Å². The molecule has 1 aliphatic rings. The zero-order valence-electron chi connectivity index (χ0n) is 21.8. The Hall–Kier alpha value is -3.06. The molecule has 194 valence electrons. The van der Waals surface area contributed by atoms with E-state index in [4.69, 9.17) is 19.2 Å². The third-order valence-corrected chi connectivity index (χ3v) is 7.34. The van der Waals surface area contributed by atoms with Crippen LogP contribution in [0.2, 0.25) is 0 Å². The van der Waals surface area contributed by atoms with E-state index in [1.54, 1.807) is 17.1 Å². The van der Waals surface area contributed by atoms with E-state index in [1.807, 2.05) is 72.9 Å². The van der Waals surface area contributed by atoms with Crippen LogP contribution in [0.5, 0.6) is 11.5 Å². The third kappa shape index (κ3) is 5.47. The monoisotopic (exact) mass is 539 g/mol. The first-order valence-electron chi connectivity index (χ1n) is 11.8. The molecule has 10 nitrogen and oxygen atoms in total. The Morgan fingerprint density at radius 1 is 1.16 bits per heavy atom. The van der Waals surface area contributed by atoms with Gasteiger partial charge in [0.1, 0.15) is 16.8 Å². The van der Waals surface area contributed by atoms with Gasteiger partial charge in [-0.25, -0.2) is 15.0 Å². The fourth-order valence-electron chi connectivity index (χ4n) is 4.19. The van der Waals surface area contributed by atoms with Crippen molar-refractivity contribution < 1.29 is 14.2 Å². The lowest BCUT2D eigenvalue weighted by Crippen LogP contribution is -2.28. The zero-order chi connectivity index (χ0) is 26.4. The van der Waals surface area contributed by atoms with Crippen LogP contribution in [0.15, 0.2) is 46.6 Å². The number of nitrogens with one attached hydrogen (secondary N) is 1. The van der Waals surface area contributed by atoms with Crippen LogP contribution >= 0.6 is 23.3 Å². The summed E-state index contributed by atoms with van der Waals surface area (Å²) in [5.74, 6) is 1.59. The summed E-state index contributed by atoms with van der Waals surface area (Å²) in [5.41, 5.74) is 1.14. The topological polar surface area (TPSA) is 109 Å². The molecule has 1 N–H and O–H groups in total. The summed E-state index contributed by atoms with van der Waals surface area (Å²) in [6, 6.07) is 7.72. The molecule has 0 amide bonds. The quantitative estimate of drug-likeness (QED) is 0.302. The van der Waals surface area contributed by atoms with Crippen LogP contribution < -0.4 is 10.1 Å². The normalized spacial score (nSPS) is 18.2. The van der Waals surface area contributed by atoms with Gasteiger partial charge in [0.15, 0.2) is 28.9 Å². The van der Waals surface area contributed by atoms with E-state index in [-0.39, 0.29) is 0 Å². The lowest BCUT2D eigenvalue weighted by atomic mass is 10.0. The van der Waals surface area contributed by atoms with E-state index in [1.165, 1.54) is 23.3 Å². The molecule has 5 rings (SSSR count). The van der Waals surface area contributed by atoms with Gasteiger partial charge in [0.25, 0.3) is 0 Å². The molecule has 1 saturated heterocycles. The first kappa shape index (κ1) is 25.6. The van der Waals surface area contributed by atoms with Crippen molar-refractivity contribution in [2.24, 2.45) is 7.05 Å². The first-order valence-corrected chi connectivity index (χ1v) is 13.4. The number of hydrogen-bond acceptors (Lipinski definition) is 11. The Bertz CT molecular complexity index is 1420. The van der Waals surface area contributed by atoms with Crippen molar-refractivity contribution in [1.82, 2.24) is 29.1 Å². The van der Waals surface area contributed by atoms with Crippen LogP contribution in [0.3, 0.4) is 0 Å². The SMILES string of the molecule is Cc1nn(C)c(C)c1Oc1cc(Sc2ccccn2)cnc1Nc1nc([C@@H]2OC(C)(C)OC2(C)C)ns1. The van der Waals surface area contributed by atoms with E-state index in [2.05, 4.69) is 24.8 Å². The molecule has 0 saturated carbocycles. The minimum absolute atomic E-state index is 0.393. The number of anilines is 2. The zero-order valence-corrected chi connectivity index (χ0v) is 23.4. The van der Waals surface area contributed by atoms with Crippen LogP contribution in [0, 0.1) is 13.8 Å². The van der Waals surface area contributed by atoms with Gasteiger partial charge in [-0.05, 0) is 53.7 Å². The van der Waals surface area contributed by atoms with Crippen LogP contribution in [0.25, 0.3) is 0 Å². The summed E-state index contributed by atoms with van der Waals surface area (Å²) in [5, 5.41) is 9.19. The lowest BCUT2D eigenvalue weighted by molar-refractivity contribution is -0.158. The van der Waals surface area contributed by atoms with Crippen LogP contribution in [-0.4, -0.2) is 40.5 Å². The summed E-state index contributed by atoms with van der Waals surface area (Å²) < 4.78 is 24.8. The highest BCUT2D eigenvalue weighted by Crippen LogP contribution is 2.45. The highest BCUT2D eigenvalue weighted by Gasteiger charge is 2.49. The van der Waals surface area contributed by atoms with Crippen molar-refractivity contribution in [3.63, 3.8) is 0 Å². The maximum atomic E-state index is 6.38. The molecule has 4 aromatic rings. The van der Waals surface area contributed by atoms with E-state index >= 15 is 0 Å². The molecule has 12 heteroatoms. The Labute approximate surface area is 224 Å². The molecule has 1 atom stereocenters. The van der Waals surface area contributed by atoms with Gasteiger partial charge in [0, 0.05) is 41.9 Å². The summed E-state index contributed by atoms with van der Waals surface area (Å²) in [7, 11) is 1.89. The van der Waals surface area contributed by atoms with Crippen LogP contribution in [0.4, 0.5) is 10.9 Å². The highest BCUT2D eigenvalue weighted by molar-refractivity contribution is 7.99. The summed E-state index contributed by atoms with van der Waals surface area (Å²) in [4.78, 5) is 14.6. The van der Waals surface area contributed by atoms with Crippen molar-refractivity contribution in [2.75, 3.05) is 5.32 Å². The number of pyridine rings is 2. The van der Waals surface area contributed by atoms with Gasteiger partial charge in [0.05, 0.1) is 11.3 Å². The highest BCUT2D eigenvalue weighted by atomic mass is 32.2. The second-order valence-electron chi connectivity index (χ2n) is 9.70. The Morgan fingerprint density at radius 2 is 1.97 bits per heavy atom. The van der Waals surface area contributed by atoms with Gasteiger partial charge in [0.2, 0.25) is 5.13 Å². The number of ether oxygens (including phenoxy) is 3. The molecule has 0 radical (unpaired) electrons. The van der Waals surface area contributed by atoms with Gasteiger partial charge in [-0.3, -0.25) is 4.68 Å². The molecule has 0 spiro atoms. The van der Waals surface area contributed by atoms with E-state index in [9.17, 15) is 0 Å². The second-order valence-corrected chi connectivity index (χ2v) is 11.5. The Kier molecular flexibility index (Phi) is 6.69. The number of hydrogen-bond donors (Lipinski definition) is 1. The molecule has 37 heavy (non-hydrogen) atoms. The van der Waals surface area contributed by atoms with Gasteiger partial charge < -0.3 is 19.5 Å². The Morgan fingerprint density at radius 3 is 2.62 bits per heavy atom. The van der Waals surface area contributed by atoms with E-state index in [0.717, 1.165) is 21.3 Å². The minimum Gasteiger partial charge on any atom is -0.450 e. The van der Waals surface area contributed by atoms with Gasteiger partial charge >= 0.3 is 0 Å². The predicted molar refractivity (Wildman–Crippen MR) is 142 cm³/mol. The maximum Gasteiger partial charge on any atom is 0.208 e. The van der Waals surface area contributed by atoms with E-state index in [0.29, 0.717) is 28.3 Å². The molecule has 1 fully saturated rings. The standard InChI is InChI=1S/C25H29N7O3S2/c1-14-19(15(2)32(7)30-14)33-17-12-16(36-18-10-8-9-11-26-18)13-27-21(17)28-23-29-22(31-37-23)20-24(3,4)35-25(5,6)34-20/h8-13,20H,1-7H3,(H,27,28,29,31)/t20-/m0/s1. The summed E-state index contributed by atoms with van der Waals surface area (Å²) in [6.07, 6.45) is 3.15. The molecular weight excluding hydrogens is 510 g/mol. The van der Waals surface area contributed by atoms with Gasteiger partial charge in [-0.15, -0.1) is 0 Å². The number of aromatic nitrogens is 6. The molecule has 0 aliphatic carbocycles. The molecule has 0 bridgehead atoms. The molecule has 0 unspecified atom stereocenters. The number of rotatable bonds is 7. The smallest absolute Gasteiger partial charge is 0.208 e. The molecular formula is C25H29N7O3S2. The number of aryl methyl sites for hydroxylation is 2. The van der Waals surface area contributed by atoms with Crippen molar-refractivity contribution in [2.45, 2.75) is 69.0 Å². The largest absolute Gasteiger partial charge is 0.450 e. The second kappa shape index (κ2) is 9.67. The maximum absolute atomic E-state index is 6.38. The third-order valence-electron chi connectivity index (χ3n) is 5.79. The van der Waals surface area contributed by atoms with E-state index < -0.39 is 17.5 Å². The van der Waals surface area contributed by atoms with Crippen LogP contribution in [0.1, 0.15) is 51.0 Å². The summed E-state index contributed by atoms with van der Waals surface area (Å²) in [6.45, 7) is 11.6. The average molecular weight is 540 g/mol.